The molecule has 1 fully saturated rings. The number of aliphatic hydroxyl groups is 1. The number of carbonyl (C=O) groups excluding carboxylic acids is 2. The van der Waals surface area contributed by atoms with Crippen LogP contribution in [-0.4, -0.2) is 48.1 Å². The summed E-state index contributed by atoms with van der Waals surface area (Å²) in [5, 5.41) is 11.4. The average molecular weight is 486 g/mol. The Balaban J connectivity index is 1.58. The first kappa shape index (κ1) is 23.5. The molecule has 2 aliphatic heterocycles. The van der Waals surface area contributed by atoms with Gasteiger partial charge < -0.3 is 24.2 Å². The Morgan fingerprint density at radius 3 is 2.53 bits per heavy atom. The van der Waals surface area contributed by atoms with Gasteiger partial charge in [-0.2, -0.15) is 0 Å². The van der Waals surface area contributed by atoms with Crippen LogP contribution in [0.1, 0.15) is 29.7 Å². The van der Waals surface area contributed by atoms with Crippen molar-refractivity contribution in [3.05, 3.63) is 95.1 Å². The van der Waals surface area contributed by atoms with Crippen molar-refractivity contribution in [2.45, 2.75) is 19.4 Å². The molecule has 1 atom stereocenters. The Morgan fingerprint density at radius 2 is 1.75 bits per heavy atom. The van der Waals surface area contributed by atoms with E-state index in [-0.39, 0.29) is 11.3 Å². The lowest BCUT2D eigenvalue weighted by molar-refractivity contribution is -0.139. The summed E-state index contributed by atoms with van der Waals surface area (Å²) in [4.78, 5) is 28.1. The van der Waals surface area contributed by atoms with Crippen molar-refractivity contribution >= 4 is 17.4 Å². The number of rotatable bonds is 7. The van der Waals surface area contributed by atoms with Gasteiger partial charge in [0, 0.05) is 12.1 Å². The fourth-order valence-corrected chi connectivity index (χ4v) is 4.64. The molecule has 0 aromatic heterocycles. The Labute approximate surface area is 209 Å². The molecule has 0 radical (unpaired) electrons. The van der Waals surface area contributed by atoms with E-state index in [0.29, 0.717) is 61.2 Å². The summed E-state index contributed by atoms with van der Waals surface area (Å²) in [5.74, 6) is 0.0713. The molecule has 1 N–H and O–H groups in total. The van der Waals surface area contributed by atoms with E-state index in [2.05, 4.69) is 0 Å². The summed E-state index contributed by atoms with van der Waals surface area (Å²) in [7, 11) is 0. The number of amides is 1. The lowest BCUT2D eigenvalue weighted by Crippen LogP contribution is -2.31. The number of aliphatic hydroxyl groups excluding tert-OH is 1. The number of ether oxygens (including phenoxy) is 3. The number of carbonyl (C=O) groups is 2. The van der Waals surface area contributed by atoms with E-state index in [4.69, 9.17) is 14.2 Å². The highest BCUT2D eigenvalue weighted by atomic mass is 16.6. The minimum Gasteiger partial charge on any atom is -0.507 e. The molecule has 1 unspecified atom stereocenters. The second-order valence-corrected chi connectivity index (χ2v) is 8.59. The number of fused-ring (bicyclic) bond motifs is 1. The van der Waals surface area contributed by atoms with Crippen LogP contribution in [0, 0.1) is 0 Å². The van der Waals surface area contributed by atoms with E-state index >= 15 is 0 Å². The predicted molar refractivity (Wildman–Crippen MR) is 134 cm³/mol. The minimum absolute atomic E-state index is 0.0402. The Hall–Kier alpha value is -4.26. The molecule has 184 valence electrons. The third-order valence-electron chi connectivity index (χ3n) is 6.32. The number of benzene rings is 3. The van der Waals surface area contributed by atoms with Gasteiger partial charge in [0.15, 0.2) is 11.5 Å². The monoisotopic (exact) mass is 485 g/mol. The number of ketones is 1. The normalized spacial score (nSPS) is 18.4. The third-order valence-corrected chi connectivity index (χ3v) is 6.32. The number of likely N-dealkylation sites (tertiary alicyclic amines) is 1. The molecule has 2 aliphatic rings. The molecular weight excluding hydrogens is 458 g/mol. The summed E-state index contributed by atoms with van der Waals surface area (Å²) in [6, 6.07) is 21.3. The predicted octanol–water partition coefficient (Wildman–Crippen LogP) is 4.52. The van der Waals surface area contributed by atoms with E-state index in [1.807, 2.05) is 61.5 Å². The van der Waals surface area contributed by atoms with Gasteiger partial charge in [0.25, 0.3) is 11.7 Å². The highest BCUT2D eigenvalue weighted by Crippen LogP contribution is 2.41. The third kappa shape index (κ3) is 4.52. The number of hydrogen-bond donors (Lipinski definition) is 1. The largest absolute Gasteiger partial charge is 0.507 e. The molecule has 5 rings (SSSR count). The van der Waals surface area contributed by atoms with Crippen LogP contribution < -0.4 is 14.2 Å². The van der Waals surface area contributed by atoms with E-state index in [1.54, 1.807) is 18.2 Å². The lowest BCUT2D eigenvalue weighted by Gasteiger charge is -2.26. The van der Waals surface area contributed by atoms with Gasteiger partial charge in [0.1, 0.15) is 24.7 Å². The number of hydrogen-bond acceptors (Lipinski definition) is 6. The van der Waals surface area contributed by atoms with Gasteiger partial charge in [-0.25, -0.2) is 0 Å². The first-order chi connectivity index (χ1) is 17.6. The molecule has 0 bridgehead atoms. The van der Waals surface area contributed by atoms with E-state index < -0.39 is 17.7 Å². The molecule has 36 heavy (non-hydrogen) atoms. The molecule has 1 saturated heterocycles. The van der Waals surface area contributed by atoms with Crippen molar-refractivity contribution in [3.63, 3.8) is 0 Å². The lowest BCUT2D eigenvalue weighted by atomic mass is 9.95. The van der Waals surface area contributed by atoms with Crippen LogP contribution in [0.2, 0.25) is 0 Å². The summed E-state index contributed by atoms with van der Waals surface area (Å²) >= 11 is 0. The summed E-state index contributed by atoms with van der Waals surface area (Å²) in [6.07, 6.45) is 0.569. The zero-order chi connectivity index (χ0) is 25.1. The summed E-state index contributed by atoms with van der Waals surface area (Å²) in [6.45, 7) is 3.53. The van der Waals surface area contributed by atoms with Crippen LogP contribution in [0.5, 0.6) is 17.2 Å². The first-order valence-electron chi connectivity index (χ1n) is 12.0. The maximum atomic E-state index is 13.3. The summed E-state index contributed by atoms with van der Waals surface area (Å²) in [5.41, 5.74) is 2.16. The van der Waals surface area contributed by atoms with Crippen LogP contribution in [0.15, 0.2) is 78.4 Å². The summed E-state index contributed by atoms with van der Waals surface area (Å²) < 4.78 is 16.9. The molecule has 2 heterocycles. The molecule has 3 aromatic rings. The van der Waals surface area contributed by atoms with Crippen molar-refractivity contribution in [1.29, 1.82) is 0 Å². The zero-order valence-electron chi connectivity index (χ0n) is 20.0. The molecule has 7 nitrogen and oxygen atoms in total. The van der Waals surface area contributed by atoms with Gasteiger partial charge in [0.2, 0.25) is 0 Å². The molecular formula is C29H27NO6. The topological polar surface area (TPSA) is 85.3 Å². The van der Waals surface area contributed by atoms with Gasteiger partial charge in [-0.1, -0.05) is 42.5 Å². The van der Waals surface area contributed by atoms with Crippen LogP contribution in [0.3, 0.4) is 0 Å². The molecule has 3 aromatic carbocycles. The van der Waals surface area contributed by atoms with Gasteiger partial charge in [0.05, 0.1) is 18.2 Å². The van der Waals surface area contributed by atoms with E-state index in [0.717, 1.165) is 5.56 Å². The molecule has 0 spiro atoms. The molecule has 0 saturated carbocycles. The molecule has 0 aliphatic carbocycles. The van der Waals surface area contributed by atoms with Gasteiger partial charge in [-0.15, -0.1) is 0 Å². The van der Waals surface area contributed by atoms with Crippen LogP contribution in [0.25, 0.3) is 5.76 Å². The Morgan fingerprint density at radius 1 is 0.972 bits per heavy atom. The smallest absolute Gasteiger partial charge is 0.295 e. The highest BCUT2D eigenvalue weighted by Gasteiger charge is 2.46. The Kier molecular flexibility index (Phi) is 6.62. The van der Waals surface area contributed by atoms with Crippen molar-refractivity contribution < 1.29 is 28.9 Å². The van der Waals surface area contributed by atoms with E-state index in [9.17, 15) is 14.7 Å². The Bertz CT molecular complexity index is 1320. The van der Waals surface area contributed by atoms with Gasteiger partial charge >= 0.3 is 0 Å². The maximum Gasteiger partial charge on any atom is 0.295 e. The van der Waals surface area contributed by atoms with E-state index in [1.165, 1.54) is 4.90 Å². The minimum atomic E-state index is -0.762. The number of Topliss-reactive ketones (excluding diaryl/α,β-unsaturated/α-hetero) is 1. The second-order valence-electron chi connectivity index (χ2n) is 8.59. The van der Waals surface area contributed by atoms with Gasteiger partial charge in [-0.05, 0) is 54.8 Å². The molecule has 1 amide bonds. The SMILES string of the molecule is CCOc1cccc(C2C(=C(O)c3ccc4c(c3)OCCO4)C(=O)C(=O)N2CCc2ccccc2)c1. The fraction of sp³-hybridized carbons (Fsp3) is 0.241. The second kappa shape index (κ2) is 10.2. The van der Waals surface area contributed by atoms with Crippen molar-refractivity contribution in [3.8, 4) is 17.2 Å². The van der Waals surface area contributed by atoms with Gasteiger partial charge in [-0.3, -0.25) is 9.59 Å². The molecule has 7 heteroatoms. The maximum absolute atomic E-state index is 13.3. The van der Waals surface area contributed by atoms with Crippen LogP contribution in [0.4, 0.5) is 0 Å². The van der Waals surface area contributed by atoms with Crippen molar-refractivity contribution in [2.24, 2.45) is 0 Å². The first-order valence-corrected chi connectivity index (χ1v) is 12.0. The highest BCUT2D eigenvalue weighted by molar-refractivity contribution is 6.46. The number of nitrogens with zero attached hydrogens (tertiary/aromatic N) is 1. The zero-order valence-corrected chi connectivity index (χ0v) is 20.0. The van der Waals surface area contributed by atoms with Crippen molar-refractivity contribution in [1.82, 2.24) is 4.90 Å². The fourth-order valence-electron chi connectivity index (χ4n) is 4.64. The average Bonchev–Trinajstić information content (AvgIpc) is 3.17. The van der Waals surface area contributed by atoms with Crippen molar-refractivity contribution in [2.75, 3.05) is 26.4 Å². The standard InChI is InChI=1S/C29H27NO6/c1-2-34-22-10-6-9-20(17-22)26-25(27(31)21-11-12-23-24(18-21)36-16-15-35-23)28(32)29(33)30(26)14-13-19-7-4-3-5-8-19/h3-12,17-18,26,31H,2,13-16H2,1H3. The quantitative estimate of drug-likeness (QED) is 0.301. The van der Waals surface area contributed by atoms with Crippen LogP contribution in [-0.2, 0) is 16.0 Å². The van der Waals surface area contributed by atoms with Crippen LogP contribution >= 0.6 is 0 Å².